The van der Waals surface area contributed by atoms with Crippen molar-refractivity contribution in [1.82, 2.24) is 0 Å². The van der Waals surface area contributed by atoms with E-state index in [1.165, 1.54) is 61.3 Å². The normalized spacial score (nSPS) is 11.0. The number of hydrogen-bond donors (Lipinski definition) is 0. The summed E-state index contributed by atoms with van der Waals surface area (Å²) in [6.07, 6.45) is 6.68. The molecule has 0 amide bonds. The average molecular weight is 582 g/mol. The summed E-state index contributed by atoms with van der Waals surface area (Å²) in [6.45, 7) is 6.03. The molecule has 45 heavy (non-hydrogen) atoms. The number of rotatable bonds is 10. The van der Waals surface area contributed by atoms with Gasteiger partial charge in [0.15, 0.2) is 0 Å². The van der Waals surface area contributed by atoms with Crippen molar-refractivity contribution >= 4 is 29.5 Å². The van der Waals surface area contributed by atoms with Gasteiger partial charge < -0.3 is 4.90 Å². The summed E-state index contributed by atoms with van der Waals surface area (Å²) >= 11 is 0. The van der Waals surface area contributed by atoms with Gasteiger partial charge in [-0.25, -0.2) is 0 Å². The minimum absolute atomic E-state index is 0.862. The van der Waals surface area contributed by atoms with Crippen LogP contribution in [0.1, 0.15) is 50.1 Å². The first-order chi connectivity index (χ1) is 22.1. The lowest BCUT2D eigenvalue weighted by Crippen LogP contribution is -2.22. The summed E-state index contributed by atoms with van der Waals surface area (Å²) in [7, 11) is 0. The molecule has 0 saturated heterocycles. The van der Waals surface area contributed by atoms with E-state index in [0.29, 0.717) is 0 Å². The molecule has 0 saturated carbocycles. The first-order valence-corrected chi connectivity index (χ1v) is 15.7. The first-order valence-electron chi connectivity index (χ1n) is 15.7. The third-order valence-corrected chi connectivity index (χ3v) is 8.06. The Morgan fingerprint density at radius 1 is 0.467 bits per heavy atom. The minimum atomic E-state index is 0.862. The van der Waals surface area contributed by atoms with E-state index in [4.69, 9.17) is 0 Å². The Morgan fingerprint density at radius 3 is 1.38 bits per heavy atom. The van der Waals surface area contributed by atoms with Crippen LogP contribution < -0.4 is 4.90 Å². The molecular formula is C44H39N. The summed E-state index contributed by atoms with van der Waals surface area (Å²) in [4.78, 5) is 2.44. The number of aryl methyl sites for hydroxylation is 2. The molecule has 1 nitrogen and oxygen atoms in total. The topological polar surface area (TPSA) is 3.24 Å². The third kappa shape index (κ3) is 8.16. The van der Waals surface area contributed by atoms with Crippen LogP contribution in [0.5, 0.6) is 0 Å². The van der Waals surface area contributed by atoms with Gasteiger partial charge in [0.2, 0.25) is 0 Å². The zero-order valence-corrected chi connectivity index (χ0v) is 26.1. The molecule has 6 aromatic carbocycles. The van der Waals surface area contributed by atoms with Crippen molar-refractivity contribution < 1.29 is 0 Å². The number of hydrogen-bond acceptors (Lipinski definition) is 1. The highest BCUT2D eigenvalue weighted by Crippen LogP contribution is 2.28. The van der Waals surface area contributed by atoms with Crippen LogP contribution in [0, 0.1) is 13.8 Å². The van der Waals surface area contributed by atoms with Crippen LogP contribution >= 0.6 is 0 Å². The molecule has 0 N–H and O–H groups in total. The molecule has 0 bridgehead atoms. The monoisotopic (exact) mass is 581 g/mol. The van der Waals surface area contributed by atoms with E-state index in [1.54, 1.807) is 0 Å². The zero-order valence-electron chi connectivity index (χ0n) is 26.1. The fourth-order valence-electron chi connectivity index (χ4n) is 5.66. The van der Waals surface area contributed by atoms with Gasteiger partial charge in [-0.15, -0.1) is 0 Å². The molecule has 0 unspecified atom stereocenters. The summed E-state index contributed by atoms with van der Waals surface area (Å²) in [5, 5.41) is 0. The quantitative estimate of drug-likeness (QED) is 0.145. The van der Waals surface area contributed by atoms with Gasteiger partial charge in [-0.1, -0.05) is 169 Å². The molecule has 1 heteroatoms. The molecule has 6 rings (SSSR count). The predicted molar refractivity (Wildman–Crippen MR) is 194 cm³/mol. The summed E-state index contributed by atoms with van der Waals surface area (Å²) in [6, 6.07) is 56.6. The second kappa shape index (κ2) is 14.4. The van der Waals surface area contributed by atoms with Gasteiger partial charge in [-0.05, 0) is 76.6 Å². The number of anilines is 1. The van der Waals surface area contributed by atoms with Gasteiger partial charge in [0.05, 0.1) is 0 Å². The summed E-state index contributed by atoms with van der Waals surface area (Å²) in [5.41, 5.74) is 13.6. The molecule has 0 aliphatic rings. The molecule has 6 aromatic rings. The van der Waals surface area contributed by atoms with E-state index >= 15 is 0 Å². The van der Waals surface area contributed by atoms with Gasteiger partial charge in [-0.3, -0.25) is 0 Å². The molecule has 0 aliphatic heterocycles. The van der Waals surface area contributed by atoms with E-state index in [-0.39, 0.29) is 0 Å². The fraction of sp³-hybridized carbons (Fsp3) is 0.0909. The third-order valence-electron chi connectivity index (χ3n) is 8.06. The smallest absolute Gasteiger partial charge is 0.0433 e. The van der Waals surface area contributed by atoms with Crippen LogP contribution in [0.15, 0.2) is 158 Å². The van der Waals surface area contributed by atoms with Crippen LogP contribution in [-0.2, 0) is 13.1 Å². The fourth-order valence-corrected chi connectivity index (χ4v) is 5.66. The summed E-state index contributed by atoms with van der Waals surface area (Å²) < 4.78 is 0. The van der Waals surface area contributed by atoms with Crippen LogP contribution in [0.3, 0.4) is 0 Å². The van der Waals surface area contributed by atoms with E-state index in [2.05, 4.69) is 195 Å². The lowest BCUT2D eigenvalue weighted by molar-refractivity contribution is 0.800. The first kappa shape index (κ1) is 29.7. The SMILES string of the molecule is Cc1cccc(C(=Cc2ccc(C=Cc3ccc(N(Cc4ccccc4)Cc4ccccc4)cc3)cc2)c2cccc(C)c2)c1. The van der Waals surface area contributed by atoms with Gasteiger partial charge in [-0.2, -0.15) is 0 Å². The van der Waals surface area contributed by atoms with Crippen molar-refractivity contribution in [3.63, 3.8) is 0 Å². The molecule has 0 heterocycles. The standard InChI is InChI=1S/C44H39N/c1-34-11-9-17-41(29-34)44(42-18-10-12-35(2)30-42)31-38-23-21-36(22-24-38)19-20-37-25-27-43(28-26-37)45(32-39-13-5-3-6-14-39)33-40-15-7-4-8-16-40/h3-31H,32-33H2,1-2H3. The predicted octanol–water partition coefficient (Wildman–Crippen LogP) is 11.3. The Bertz CT molecular complexity index is 1790. The van der Waals surface area contributed by atoms with Gasteiger partial charge in [0.25, 0.3) is 0 Å². The maximum absolute atomic E-state index is 2.44. The lowest BCUT2D eigenvalue weighted by Gasteiger charge is -2.25. The molecule has 0 aliphatic carbocycles. The Hall–Kier alpha value is -5.40. The molecule has 0 aromatic heterocycles. The van der Waals surface area contributed by atoms with Crippen LogP contribution in [0.25, 0.3) is 23.8 Å². The highest BCUT2D eigenvalue weighted by Gasteiger charge is 2.09. The Balaban J connectivity index is 1.19. The highest BCUT2D eigenvalue weighted by molar-refractivity contribution is 5.91. The molecule has 0 fully saturated rings. The maximum atomic E-state index is 2.44. The molecule has 0 radical (unpaired) electrons. The maximum Gasteiger partial charge on any atom is 0.0433 e. The zero-order chi connectivity index (χ0) is 30.8. The number of benzene rings is 6. The van der Waals surface area contributed by atoms with Gasteiger partial charge in [0, 0.05) is 18.8 Å². The Kier molecular flexibility index (Phi) is 9.48. The largest absolute Gasteiger partial charge is 0.363 e. The van der Waals surface area contributed by atoms with Crippen molar-refractivity contribution in [3.8, 4) is 0 Å². The van der Waals surface area contributed by atoms with E-state index in [9.17, 15) is 0 Å². The van der Waals surface area contributed by atoms with E-state index < -0.39 is 0 Å². The Labute approximate surface area is 268 Å². The Morgan fingerprint density at radius 2 is 0.911 bits per heavy atom. The van der Waals surface area contributed by atoms with Crippen molar-refractivity contribution in [2.24, 2.45) is 0 Å². The van der Waals surface area contributed by atoms with Crippen molar-refractivity contribution in [1.29, 1.82) is 0 Å². The van der Waals surface area contributed by atoms with Gasteiger partial charge >= 0.3 is 0 Å². The highest BCUT2D eigenvalue weighted by atomic mass is 15.1. The number of nitrogens with zero attached hydrogens (tertiary/aromatic N) is 1. The molecular weight excluding hydrogens is 542 g/mol. The molecule has 0 spiro atoms. The van der Waals surface area contributed by atoms with Crippen LogP contribution in [-0.4, -0.2) is 0 Å². The van der Waals surface area contributed by atoms with Crippen molar-refractivity contribution in [3.05, 3.63) is 208 Å². The van der Waals surface area contributed by atoms with E-state index in [1.807, 2.05) is 0 Å². The van der Waals surface area contributed by atoms with Crippen molar-refractivity contribution in [2.45, 2.75) is 26.9 Å². The second-order valence-electron chi connectivity index (χ2n) is 11.7. The van der Waals surface area contributed by atoms with Gasteiger partial charge in [0.1, 0.15) is 0 Å². The molecule has 220 valence electrons. The lowest BCUT2D eigenvalue weighted by atomic mass is 9.93. The van der Waals surface area contributed by atoms with Crippen LogP contribution in [0.4, 0.5) is 5.69 Å². The van der Waals surface area contributed by atoms with Crippen LogP contribution in [0.2, 0.25) is 0 Å². The van der Waals surface area contributed by atoms with Crippen molar-refractivity contribution in [2.75, 3.05) is 4.90 Å². The second-order valence-corrected chi connectivity index (χ2v) is 11.7. The minimum Gasteiger partial charge on any atom is -0.363 e. The summed E-state index contributed by atoms with van der Waals surface area (Å²) in [5.74, 6) is 0. The molecule has 0 atom stereocenters. The van der Waals surface area contributed by atoms with E-state index in [0.717, 1.165) is 13.1 Å². The average Bonchev–Trinajstić information content (AvgIpc) is 3.08.